The van der Waals surface area contributed by atoms with Crippen LogP contribution in [0.4, 0.5) is 0 Å². The normalized spacial score (nSPS) is 12.9. The molecule has 0 fully saturated rings. The molecule has 0 aliphatic carbocycles. The zero-order valence-corrected chi connectivity index (χ0v) is 10.1. The van der Waals surface area contributed by atoms with Crippen LogP contribution >= 0.6 is 0 Å². The Balaban J connectivity index is 2.49. The number of hydrogen-bond donors (Lipinski definition) is 2. The first-order valence-corrected chi connectivity index (χ1v) is 5.76. The standard InChI is InChI=1S/C11H22N4O/c1-3-5-15-9-10(8-14-15)11(7-12)13-4-6-16-2/h8-9,11,13H,3-7,12H2,1-2H3. The number of aryl methyl sites for hydroxylation is 1. The van der Waals surface area contributed by atoms with Gasteiger partial charge in [-0.05, 0) is 6.42 Å². The lowest BCUT2D eigenvalue weighted by Crippen LogP contribution is -2.30. The maximum atomic E-state index is 5.73. The zero-order chi connectivity index (χ0) is 11.8. The molecule has 0 aliphatic heterocycles. The molecule has 3 N–H and O–H groups in total. The molecule has 5 heteroatoms. The van der Waals surface area contributed by atoms with Gasteiger partial charge in [0, 0.05) is 44.5 Å². The largest absolute Gasteiger partial charge is 0.383 e. The maximum Gasteiger partial charge on any atom is 0.0587 e. The molecular weight excluding hydrogens is 204 g/mol. The quantitative estimate of drug-likeness (QED) is 0.635. The van der Waals surface area contributed by atoms with Crippen molar-refractivity contribution in [3.63, 3.8) is 0 Å². The summed E-state index contributed by atoms with van der Waals surface area (Å²) in [6, 6.07) is 0.167. The van der Waals surface area contributed by atoms with E-state index >= 15 is 0 Å². The van der Waals surface area contributed by atoms with Gasteiger partial charge in [0.1, 0.15) is 0 Å². The molecule has 0 saturated heterocycles. The Morgan fingerprint density at radius 1 is 1.62 bits per heavy atom. The van der Waals surface area contributed by atoms with Gasteiger partial charge in [0.2, 0.25) is 0 Å². The van der Waals surface area contributed by atoms with E-state index in [0.717, 1.165) is 25.1 Å². The summed E-state index contributed by atoms with van der Waals surface area (Å²) < 4.78 is 6.95. The van der Waals surface area contributed by atoms with E-state index in [1.54, 1.807) is 7.11 Å². The molecule has 16 heavy (non-hydrogen) atoms. The van der Waals surface area contributed by atoms with E-state index < -0.39 is 0 Å². The number of nitrogens with one attached hydrogen (secondary N) is 1. The van der Waals surface area contributed by atoms with E-state index in [2.05, 4.69) is 23.5 Å². The fraction of sp³-hybridized carbons (Fsp3) is 0.727. The number of nitrogens with two attached hydrogens (primary N) is 1. The average molecular weight is 226 g/mol. The van der Waals surface area contributed by atoms with Crippen LogP contribution in [-0.4, -0.2) is 36.6 Å². The van der Waals surface area contributed by atoms with Gasteiger partial charge in [0.05, 0.1) is 12.8 Å². The molecule has 0 spiro atoms. The van der Waals surface area contributed by atoms with Gasteiger partial charge in [-0.25, -0.2) is 0 Å². The lowest BCUT2D eigenvalue weighted by atomic mass is 10.1. The lowest BCUT2D eigenvalue weighted by Gasteiger charge is -2.14. The van der Waals surface area contributed by atoms with Gasteiger partial charge in [-0.3, -0.25) is 4.68 Å². The summed E-state index contributed by atoms with van der Waals surface area (Å²) in [5, 5.41) is 7.63. The first-order valence-electron chi connectivity index (χ1n) is 5.76. The van der Waals surface area contributed by atoms with Crippen LogP contribution in [0.15, 0.2) is 12.4 Å². The van der Waals surface area contributed by atoms with E-state index in [1.807, 2.05) is 10.9 Å². The Kier molecular flexibility index (Phi) is 6.07. The van der Waals surface area contributed by atoms with Crippen LogP contribution in [0.3, 0.4) is 0 Å². The highest BCUT2D eigenvalue weighted by Gasteiger charge is 2.10. The van der Waals surface area contributed by atoms with Crippen molar-refractivity contribution in [2.24, 2.45) is 5.73 Å². The van der Waals surface area contributed by atoms with Crippen molar-refractivity contribution in [2.75, 3.05) is 26.8 Å². The van der Waals surface area contributed by atoms with Gasteiger partial charge in [-0.1, -0.05) is 6.92 Å². The summed E-state index contributed by atoms with van der Waals surface area (Å²) >= 11 is 0. The van der Waals surface area contributed by atoms with Crippen LogP contribution in [0.5, 0.6) is 0 Å². The van der Waals surface area contributed by atoms with Crippen molar-refractivity contribution < 1.29 is 4.74 Å². The van der Waals surface area contributed by atoms with Crippen LogP contribution in [0.25, 0.3) is 0 Å². The molecule has 1 heterocycles. The molecule has 1 unspecified atom stereocenters. The van der Waals surface area contributed by atoms with Crippen molar-refractivity contribution in [3.05, 3.63) is 18.0 Å². The van der Waals surface area contributed by atoms with Gasteiger partial charge in [0.25, 0.3) is 0 Å². The van der Waals surface area contributed by atoms with Gasteiger partial charge >= 0.3 is 0 Å². The third-order valence-corrected chi connectivity index (χ3v) is 2.44. The highest BCUT2D eigenvalue weighted by Crippen LogP contribution is 2.10. The van der Waals surface area contributed by atoms with Crippen molar-refractivity contribution in [1.82, 2.24) is 15.1 Å². The molecule has 0 aromatic carbocycles. The SMILES string of the molecule is CCCn1cc(C(CN)NCCOC)cn1. The third-order valence-electron chi connectivity index (χ3n) is 2.44. The Morgan fingerprint density at radius 2 is 2.44 bits per heavy atom. The number of ether oxygens (including phenoxy) is 1. The van der Waals surface area contributed by atoms with Crippen LogP contribution in [-0.2, 0) is 11.3 Å². The molecule has 0 saturated carbocycles. The summed E-state index contributed by atoms with van der Waals surface area (Å²) in [5.41, 5.74) is 6.88. The number of nitrogens with zero attached hydrogens (tertiary/aromatic N) is 2. The second-order valence-electron chi connectivity index (χ2n) is 3.77. The molecule has 0 amide bonds. The minimum Gasteiger partial charge on any atom is -0.383 e. The number of hydrogen-bond acceptors (Lipinski definition) is 4. The Bertz CT molecular complexity index is 287. The second kappa shape index (κ2) is 7.38. The predicted octanol–water partition coefficient (Wildman–Crippen LogP) is 0.529. The Labute approximate surface area is 97.0 Å². The first-order chi connectivity index (χ1) is 7.81. The molecule has 1 rings (SSSR count). The van der Waals surface area contributed by atoms with Crippen molar-refractivity contribution in [1.29, 1.82) is 0 Å². The summed E-state index contributed by atoms with van der Waals surface area (Å²) in [5.74, 6) is 0. The van der Waals surface area contributed by atoms with E-state index in [0.29, 0.717) is 13.2 Å². The molecule has 1 aromatic rings. The fourth-order valence-electron chi connectivity index (χ4n) is 1.58. The van der Waals surface area contributed by atoms with Gasteiger partial charge in [-0.2, -0.15) is 5.10 Å². The van der Waals surface area contributed by atoms with Crippen LogP contribution in [0.2, 0.25) is 0 Å². The van der Waals surface area contributed by atoms with Gasteiger partial charge in [0.15, 0.2) is 0 Å². The Morgan fingerprint density at radius 3 is 3.06 bits per heavy atom. The van der Waals surface area contributed by atoms with E-state index in [1.165, 1.54) is 0 Å². The number of aromatic nitrogens is 2. The molecule has 92 valence electrons. The van der Waals surface area contributed by atoms with E-state index in [9.17, 15) is 0 Å². The average Bonchev–Trinajstić information content (AvgIpc) is 2.74. The molecule has 1 aromatic heterocycles. The lowest BCUT2D eigenvalue weighted by molar-refractivity contribution is 0.196. The first kappa shape index (κ1) is 13.2. The third kappa shape index (κ3) is 3.92. The number of methoxy groups -OCH3 is 1. The Hall–Kier alpha value is -0.910. The molecule has 1 atom stereocenters. The molecule has 0 aliphatic rings. The van der Waals surface area contributed by atoms with Crippen molar-refractivity contribution >= 4 is 0 Å². The second-order valence-corrected chi connectivity index (χ2v) is 3.77. The molecule has 0 bridgehead atoms. The minimum absolute atomic E-state index is 0.167. The van der Waals surface area contributed by atoms with Crippen LogP contribution < -0.4 is 11.1 Å². The summed E-state index contributed by atoms with van der Waals surface area (Å²) in [6.45, 7) is 5.16. The van der Waals surface area contributed by atoms with Gasteiger partial charge < -0.3 is 15.8 Å². The molecule has 0 radical (unpaired) electrons. The molecular formula is C11H22N4O. The number of rotatable bonds is 8. The molecule has 5 nitrogen and oxygen atoms in total. The predicted molar refractivity (Wildman–Crippen MR) is 64.2 cm³/mol. The smallest absolute Gasteiger partial charge is 0.0587 e. The van der Waals surface area contributed by atoms with Crippen molar-refractivity contribution in [3.8, 4) is 0 Å². The topological polar surface area (TPSA) is 65.1 Å². The zero-order valence-electron chi connectivity index (χ0n) is 10.1. The summed E-state index contributed by atoms with van der Waals surface area (Å²) in [6.07, 6.45) is 5.03. The van der Waals surface area contributed by atoms with Crippen LogP contribution in [0.1, 0.15) is 24.9 Å². The minimum atomic E-state index is 0.167. The van der Waals surface area contributed by atoms with E-state index in [4.69, 9.17) is 10.5 Å². The maximum absolute atomic E-state index is 5.73. The van der Waals surface area contributed by atoms with Gasteiger partial charge in [-0.15, -0.1) is 0 Å². The fourth-order valence-corrected chi connectivity index (χ4v) is 1.58. The highest BCUT2D eigenvalue weighted by molar-refractivity contribution is 5.10. The van der Waals surface area contributed by atoms with Crippen molar-refractivity contribution in [2.45, 2.75) is 25.9 Å². The highest BCUT2D eigenvalue weighted by atomic mass is 16.5. The monoisotopic (exact) mass is 226 g/mol. The van der Waals surface area contributed by atoms with E-state index in [-0.39, 0.29) is 6.04 Å². The summed E-state index contributed by atoms with van der Waals surface area (Å²) in [7, 11) is 1.69. The van der Waals surface area contributed by atoms with Crippen LogP contribution in [0, 0.1) is 0 Å². The summed E-state index contributed by atoms with van der Waals surface area (Å²) in [4.78, 5) is 0.